The fourth-order valence-corrected chi connectivity index (χ4v) is 5.96. The van der Waals surface area contributed by atoms with Crippen LogP contribution in [0.5, 0.6) is 0 Å². The number of rotatable bonds is 0. The molecule has 2 heterocycles. The third kappa shape index (κ3) is 1.73. The molecule has 0 spiro atoms. The number of aliphatic imine (C=N–C) groups is 2. The molecule has 0 fully saturated rings. The molecule has 0 saturated heterocycles. The van der Waals surface area contributed by atoms with Crippen molar-refractivity contribution in [3.63, 3.8) is 0 Å². The number of para-hydroxylation sites is 2. The molecule has 4 aromatic carbocycles. The lowest BCUT2D eigenvalue weighted by Crippen LogP contribution is -2.30. The van der Waals surface area contributed by atoms with Gasteiger partial charge in [-0.1, -0.05) is 48.5 Å². The number of carbonyl (C=O) groups excluding carboxylic acids is 2. The number of benzene rings is 4. The van der Waals surface area contributed by atoms with Crippen molar-refractivity contribution in [1.82, 2.24) is 0 Å². The van der Waals surface area contributed by atoms with Crippen molar-refractivity contribution in [3.8, 4) is 0 Å². The summed E-state index contributed by atoms with van der Waals surface area (Å²) in [5.74, 6) is -0.650. The Hall–Kier alpha value is -4.18. The quantitative estimate of drug-likeness (QED) is 0.375. The van der Waals surface area contributed by atoms with Crippen LogP contribution in [0.15, 0.2) is 82.8 Å². The van der Waals surface area contributed by atoms with Crippen molar-refractivity contribution >= 4 is 45.1 Å². The van der Waals surface area contributed by atoms with Gasteiger partial charge in [0.25, 0.3) is 0 Å². The van der Waals surface area contributed by atoms with Gasteiger partial charge in [-0.2, -0.15) is 0 Å². The molecule has 0 amide bonds. The number of ketones is 2. The SMILES string of the molecule is O=C1c2ccc3c4c(ccc(c24)C2=Nc4ccccc4[C@H]12)C1=Nc2ccccc2[C@@H]1C3=O. The van der Waals surface area contributed by atoms with Crippen LogP contribution in [0.4, 0.5) is 11.4 Å². The molecule has 0 N–H and O–H groups in total. The van der Waals surface area contributed by atoms with E-state index in [0.717, 1.165) is 55.8 Å². The second-order valence-electron chi connectivity index (χ2n) is 8.78. The second-order valence-corrected chi connectivity index (χ2v) is 8.78. The van der Waals surface area contributed by atoms with Gasteiger partial charge in [-0.25, -0.2) is 0 Å². The van der Waals surface area contributed by atoms with Gasteiger partial charge in [0.15, 0.2) is 11.6 Å². The van der Waals surface area contributed by atoms with E-state index < -0.39 is 0 Å². The normalized spacial score (nSPS) is 21.0. The minimum Gasteiger partial charge on any atom is -0.293 e. The highest BCUT2D eigenvalue weighted by Crippen LogP contribution is 2.50. The molecule has 0 unspecified atom stereocenters. The second kappa shape index (κ2) is 5.35. The zero-order chi connectivity index (χ0) is 21.1. The lowest BCUT2D eigenvalue weighted by molar-refractivity contribution is 0.0973. The molecule has 0 radical (unpaired) electrons. The number of Topliss-reactive ketones (excluding diaryl/α,β-unsaturated/α-hetero) is 2. The molecule has 148 valence electrons. The van der Waals surface area contributed by atoms with Crippen LogP contribution in [0, 0.1) is 0 Å². The van der Waals surface area contributed by atoms with Gasteiger partial charge < -0.3 is 0 Å². The van der Waals surface area contributed by atoms with E-state index in [1.807, 2.05) is 60.7 Å². The molecule has 2 aliphatic heterocycles. The Morgan fingerprint density at radius 1 is 0.500 bits per heavy atom. The van der Waals surface area contributed by atoms with Gasteiger partial charge in [0.1, 0.15) is 0 Å². The van der Waals surface area contributed by atoms with Gasteiger partial charge in [-0.05, 0) is 35.4 Å². The summed E-state index contributed by atoms with van der Waals surface area (Å²) in [5, 5.41) is 1.69. The molecule has 0 bridgehead atoms. The van der Waals surface area contributed by atoms with Crippen molar-refractivity contribution in [1.29, 1.82) is 0 Å². The Balaban J connectivity index is 1.46. The average molecular weight is 410 g/mol. The van der Waals surface area contributed by atoms with Crippen LogP contribution in [-0.4, -0.2) is 23.0 Å². The largest absolute Gasteiger partial charge is 0.293 e. The van der Waals surface area contributed by atoms with E-state index in [2.05, 4.69) is 12.1 Å². The fourth-order valence-electron chi connectivity index (χ4n) is 5.96. The van der Waals surface area contributed by atoms with Gasteiger partial charge in [-0.3, -0.25) is 19.6 Å². The number of carbonyl (C=O) groups is 2. The Morgan fingerprint density at radius 3 is 1.38 bits per heavy atom. The van der Waals surface area contributed by atoms with Crippen LogP contribution in [0.2, 0.25) is 0 Å². The summed E-state index contributed by atoms with van der Waals surface area (Å²) < 4.78 is 0. The highest BCUT2D eigenvalue weighted by Gasteiger charge is 2.44. The Morgan fingerprint density at radius 2 is 0.906 bits per heavy atom. The first-order chi connectivity index (χ1) is 15.7. The molecular weight excluding hydrogens is 396 g/mol. The van der Waals surface area contributed by atoms with E-state index in [9.17, 15) is 9.59 Å². The summed E-state index contributed by atoms with van der Waals surface area (Å²) in [6.45, 7) is 0. The van der Waals surface area contributed by atoms with Crippen LogP contribution >= 0.6 is 0 Å². The van der Waals surface area contributed by atoms with Crippen molar-refractivity contribution in [3.05, 3.63) is 106 Å². The molecule has 0 saturated carbocycles. The van der Waals surface area contributed by atoms with E-state index in [0.29, 0.717) is 11.1 Å². The van der Waals surface area contributed by atoms with E-state index in [1.165, 1.54) is 0 Å². The first kappa shape index (κ1) is 16.5. The lowest BCUT2D eigenvalue weighted by atomic mass is 9.71. The van der Waals surface area contributed by atoms with E-state index >= 15 is 0 Å². The van der Waals surface area contributed by atoms with Crippen LogP contribution in [0.3, 0.4) is 0 Å². The predicted molar refractivity (Wildman–Crippen MR) is 123 cm³/mol. The minimum absolute atomic E-state index is 0.0520. The molecule has 2 atom stereocenters. The van der Waals surface area contributed by atoms with Gasteiger partial charge in [0.2, 0.25) is 0 Å². The molecule has 32 heavy (non-hydrogen) atoms. The molecule has 4 aromatic rings. The summed E-state index contributed by atoms with van der Waals surface area (Å²) in [5.41, 5.74) is 8.43. The molecule has 2 aliphatic carbocycles. The number of hydrogen-bond donors (Lipinski definition) is 0. The zero-order valence-electron chi connectivity index (χ0n) is 16.8. The molecule has 0 aromatic heterocycles. The van der Waals surface area contributed by atoms with Crippen molar-refractivity contribution in [2.75, 3.05) is 0 Å². The monoisotopic (exact) mass is 410 g/mol. The van der Waals surface area contributed by atoms with Crippen molar-refractivity contribution < 1.29 is 9.59 Å². The standard InChI is InChI=1S/C28H14N2O2/c31-27-17-11-12-18-22-16(26-24(28(18)32)14-6-2-4-8-20(14)30-26)10-9-15(21(17)22)25-23(27)13-5-1-3-7-19(13)29-25/h1-12,23-24H/t23-,24-/m0/s1. The summed E-state index contributed by atoms with van der Waals surface area (Å²) >= 11 is 0. The molecule has 4 nitrogen and oxygen atoms in total. The predicted octanol–water partition coefficient (Wildman–Crippen LogP) is 5.67. The van der Waals surface area contributed by atoms with E-state index in [-0.39, 0.29) is 23.4 Å². The van der Waals surface area contributed by atoms with Crippen LogP contribution in [-0.2, 0) is 0 Å². The van der Waals surface area contributed by atoms with Crippen molar-refractivity contribution in [2.24, 2.45) is 9.98 Å². The molecule has 4 heteroatoms. The number of nitrogens with zero attached hydrogens (tertiary/aromatic N) is 2. The van der Waals surface area contributed by atoms with Gasteiger partial charge in [-0.15, -0.1) is 0 Å². The third-order valence-corrected chi connectivity index (χ3v) is 7.29. The third-order valence-electron chi connectivity index (χ3n) is 7.29. The smallest absolute Gasteiger partial charge is 0.177 e. The first-order valence-electron chi connectivity index (χ1n) is 10.8. The van der Waals surface area contributed by atoms with Crippen LogP contribution in [0.1, 0.15) is 54.8 Å². The minimum atomic E-state index is -0.377. The van der Waals surface area contributed by atoms with Gasteiger partial charge in [0, 0.05) is 33.0 Å². The highest BCUT2D eigenvalue weighted by molar-refractivity contribution is 6.41. The van der Waals surface area contributed by atoms with Gasteiger partial charge in [0.05, 0.1) is 34.6 Å². The van der Waals surface area contributed by atoms with E-state index in [4.69, 9.17) is 9.98 Å². The lowest BCUT2D eigenvalue weighted by Gasteiger charge is -2.29. The maximum atomic E-state index is 13.7. The maximum absolute atomic E-state index is 13.7. The Bertz CT molecular complexity index is 1550. The fraction of sp³-hybridized carbons (Fsp3) is 0.0714. The van der Waals surface area contributed by atoms with Crippen LogP contribution < -0.4 is 0 Å². The van der Waals surface area contributed by atoms with E-state index in [1.54, 1.807) is 0 Å². The van der Waals surface area contributed by atoms with Crippen LogP contribution in [0.25, 0.3) is 10.8 Å². The molecule has 4 aliphatic rings. The summed E-state index contributed by atoms with van der Waals surface area (Å²) in [4.78, 5) is 37.0. The van der Waals surface area contributed by atoms with Gasteiger partial charge >= 0.3 is 0 Å². The zero-order valence-corrected chi connectivity index (χ0v) is 16.8. The summed E-state index contributed by atoms with van der Waals surface area (Å²) in [6.07, 6.45) is 0. The number of hydrogen-bond acceptors (Lipinski definition) is 4. The molecular formula is C28H14N2O2. The summed E-state index contributed by atoms with van der Waals surface area (Å²) in [6, 6.07) is 23.5. The maximum Gasteiger partial charge on any atom is 0.177 e. The Labute approximate surface area is 183 Å². The average Bonchev–Trinajstić information content (AvgIpc) is 3.40. The van der Waals surface area contributed by atoms with Crippen molar-refractivity contribution in [2.45, 2.75) is 11.8 Å². The highest BCUT2D eigenvalue weighted by atomic mass is 16.1. The topological polar surface area (TPSA) is 58.9 Å². The molecule has 8 rings (SSSR count). The number of fused-ring (bicyclic) bond motifs is 8. The first-order valence-corrected chi connectivity index (χ1v) is 10.8. The Kier molecular flexibility index (Phi) is 2.76. The summed E-state index contributed by atoms with van der Waals surface area (Å²) in [7, 11) is 0.